The minimum atomic E-state index is 0.0734. The Balaban J connectivity index is 1.59. The number of anilines is 2. The van der Waals surface area contributed by atoms with E-state index in [9.17, 15) is 4.79 Å². The number of hydrogen-bond donors (Lipinski definition) is 2. The Morgan fingerprint density at radius 2 is 2.21 bits per heavy atom. The molecule has 1 amide bonds. The Labute approximate surface area is 118 Å². The normalized spacial score (nSPS) is 28.6. The summed E-state index contributed by atoms with van der Waals surface area (Å²) < 4.78 is 0. The monoisotopic (exact) mass is 278 g/mol. The molecule has 2 aliphatic carbocycles. The van der Waals surface area contributed by atoms with Gasteiger partial charge in [0.25, 0.3) is 0 Å². The molecule has 3 N–H and O–H groups in total. The number of rotatable bonds is 3. The van der Waals surface area contributed by atoms with Gasteiger partial charge in [-0.25, -0.2) is 0 Å². The smallest absolute Gasteiger partial charge is 0.224 e. The second kappa shape index (κ2) is 5.04. The van der Waals surface area contributed by atoms with Gasteiger partial charge in [0, 0.05) is 12.1 Å². The van der Waals surface area contributed by atoms with E-state index in [0.717, 1.165) is 11.8 Å². The summed E-state index contributed by atoms with van der Waals surface area (Å²) in [6.07, 6.45) is 5.87. The summed E-state index contributed by atoms with van der Waals surface area (Å²) >= 11 is 6.06. The molecule has 2 bridgehead atoms. The van der Waals surface area contributed by atoms with Crippen LogP contribution in [-0.4, -0.2) is 5.91 Å². The van der Waals surface area contributed by atoms with Crippen molar-refractivity contribution in [2.75, 3.05) is 11.1 Å². The molecule has 0 saturated heterocycles. The number of nitrogen functional groups attached to an aromatic ring is 1. The van der Waals surface area contributed by atoms with Crippen LogP contribution in [0.3, 0.4) is 0 Å². The third kappa shape index (κ3) is 2.71. The molecule has 19 heavy (non-hydrogen) atoms. The Morgan fingerprint density at radius 3 is 2.84 bits per heavy atom. The zero-order valence-corrected chi connectivity index (χ0v) is 11.6. The van der Waals surface area contributed by atoms with E-state index in [1.807, 2.05) is 0 Å². The van der Waals surface area contributed by atoms with E-state index in [2.05, 4.69) is 5.32 Å². The fourth-order valence-corrected chi connectivity index (χ4v) is 3.93. The average Bonchev–Trinajstić information content (AvgIpc) is 2.95. The Bertz CT molecular complexity index is 503. The van der Waals surface area contributed by atoms with Crippen molar-refractivity contribution in [3.05, 3.63) is 23.2 Å². The lowest BCUT2D eigenvalue weighted by molar-refractivity contribution is -0.117. The fourth-order valence-electron chi connectivity index (χ4n) is 3.70. The highest BCUT2D eigenvalue weighted by atomic mass is 35.5. The lowest BCUT2D eigenvalue weighted by atomic mass is 9.86. The van der Waals surface area contributed by atoms with Gasteiger partial charge in [-0.1, -0.05) is 18.0 Å². The number of nitrogens with two attached hydrogens (primary N) is 1. The molecule has 1 aromatic carbocycles. The van der Waals surface area contributed by atoms with Crippen LogP contribution in [0.25, 0.3) is 0 Å². The third-order valence-corrected chi connectivity index (χ3v) is 4.91. The summed E-state index contributed by atoms with van der Waals surface area (Å²) in [4.78, 5) is 12.1. The average molecular weight is 279 g/mol. The van der Waals surface area contributed by atoms with E-state index in [4.69, 9.17) is 17.3 Å². The van der Waals surface area contributed by atoms with E-state index in [1.54, 1.807) is 18.2 Å². The molecule has 0 heterocycles. The van der Waals surface area contributed by atoms with Crippen molar-refractivity contribution in [1.82, 2.24) is 0 Å². The van der Waals surface area contributed by atoms with Crippen molar-refractivity contribution in [1.29, 1.82) is 0 Å². The molecule has 4 heteroatoms. The number of halogens is 1. The minimum Gasteiger partial charge on any atom is -0.399 e. The molecule has 2 saturated carbocycles. The number of fused-ring (bicyclic) bond motifs is 2. The summed E-state index contributed by atoms with van der Waals surface area (Å²) in [5.41, 5.74) is 6.90. The molecule has 1 aromatic rings. The Hall–Kier alpha value is -1.22. The highest BCUT2D eigenvalue weighted by molar-refractivity contribution is 6.34. The predicted octanol–water partition coefficient (Wildman–Crippen LogP) is 3.69. The zero-order valence-electron chi connectivity index (χ0n) is 10.9. The van der Waals surface area contributed by atoms with Gasteiger partial charge >= 0.3 is 0 Å². The summed E-state index contributed by atoms with van der Waals surface area (Å²) in [5.74, 6) is 2.30. The van der Waals surface area contributed by atoms with Gasteiger partial charge in [0.2, 0.25) is 5.91 Å². The summed E-state index contributed by atoms with van der Waals surface area (Å²) in [7, 11) is 0. The highest BCUT2D eigenvalue weighted by Crippen LogP contribution is 2.49. The van der Waals surface area contributed by atoms with E-state index >= 15 is 0 Å². The van der Waals surface area contributed by atoms with Gasteiger partial charge < -0.3 is 11.1 Å². The fraction of sp³-hybridized carbons (Fsp3) is 0.533. The minimum absolute atomic E-state index is 0.0734. The molecule has 3 rings (SSSR count). The van der Waals surface area contributed by atoms with Crippen molar-refractivity contribution in [3.63, 3.8) is 0 Å². The molecule has 0 spiro atoms. The van der Waals surface area contributed by atoms with Crippen molar-refractivity contribution in [2.45, 2.75) is 32.1 Å². The van der Waals surface area contributed by atoms with Crippen LogP contribution >= 0.6 is 11.6 Å². The first-order valence-electron chi connectivity index (χ1n) is 6.96. The molecule has 0 aromatic heterocycles. The Morgan fingerprint density at radius 1 is 1.37 bits per heavy atom. The molecule has 3 atom stereocenters. The first-order chi connectivity index (χ1) is 9.11. The van der Waals surface area contributed by atoms with Crippen LogP contribution in [0.15, 0.2) is 18.2 Å². The second-order valence-corrected chi connectivity index (χ2v) is 6.33. The van der Waals surface area contributed by atoms with Gasteiger partial charge in [-0.05, 0) is 55.2 Å². The lowest BCUT2D eigenvalue weighted by Crippen LogP contribution is -2.20. The molecular formula is C15H19ClN2O. The summed E-state index contributed by atoms with van der Waals surface area (Å²) in [6, 6.07) is 5.17. The SMILES string of the molecule is Nc1ccc(NC(=O)CC2CC3CCC2C3)c(Cl)c1. The Kier molecular flexibility index (Phi) is 3.40. The van der Waals surface area contributed by atoms with Crippen LogP contribution in [0, 0.1) is 17.8 Å². The number of carbonyl (C=O) groups excluding carboxylic acids is 1. The number of benzene rings is 1. The van der Waals surface area contributed by atoms with Gasteiger partial charge in [0.05, 0.1) is 10.7 Å². The van der Waals surface area contributed by atoms with Crippen LogP contribution < -0.4 is 11.1 Å². The van der Waals surface area contributed by atoms with E-state index in [-0.39, 0.29) is 5.91 Å². The van der Waals surface area contributed by atoms with E-state index in [0.29, 0.717) is 28.7 Å². The lowest BCUT2D eigenvalue weighted by Gasteiger charge is -2.21. The van der Waals surface area contributed by atoms with Crippen molar-refractivity contribution in [3.8, 4) is 0 Å². The van der Waals surface area contributed by atoms with Gasteiger partial charge in [-0.3, -0.25) is 4.79 Å². The zero-order chi connectivity index (χ0) is 13.4. The largest absolute Gasteiger partial charge is 0.399 e. The van der Waals surface area contributed by atoms with Crippen molar-refractivity contribution >= 4 is 28.9 Å². The third-order valence-electron chi connectivity index (χ3n) is 4.60. The topological polar surface area (TPSA) is 55.1 Å². The van der Waals surface area contributed by atoms with Crippen molar-refractivity contribution in [2.24, 2.45) is 17.8 Å². The van der Waals surface area contributed by atoms with Crippen LogP contribution in [-0.2, 0) is 4.79 Å². The molecule has 2 aliphatic rings. The summed E-state index contributed by atoms with van der Waals surface area (Å²) in [5, 5.41) is 3.40. The maximum Gasteiger partial charge on any atom is 0.224 e. The van der Waals surface area contributed by atoms with Crippen LogP contribution in [0.1, 0.15) is 32.1 Å². The molecular weight excluding hydrogens is 260 g/mol. The second-order valence-electron chi connectivity index (χ2n) is 5.93. The van der Waals surface area contributed by atoms with Gasteiger partial charge in [0.1, 0.15) is 0 Å². The maximum absolute atomic E-state index is 12.1. The first-order valence-corrected chi connectivity index (χ1v) is 7.34. The summed E-state index contributed by atoms with van der Waals surface area (Å²) in [6.45, 7) is 0. The number of carbonyl (C=O) groups is 1. The number of amides is 1. The van der Waals surface area contributed by atoms with Gasteiger partial charge in [-0.15, -0.1) is 0 Å². The molecule has 0 aliphatic heterocycles. The highest BCUT2D eigenvalue weighted by Gasteiger charge is 2.40. The first kappa shape index (κ1) is 12.8. The van der Waals surface area contributed by atoms with Crippen molar-refractivity contribution < 1.29 is 4.79 Å². The van der Waals surface area contributed by atoms with Gasteiger partial charge in [0.15, 0.2) is 0 Å². The van der Waals surface area contributed by atoms with Crippen LogP contribution in [0.4, 0.5) is 11.4 Å². The molecule has 3 unspecified atom stereocenters. The number of nitrogens with one attached hydrogen (secondary N) is 1. The van der Waals surface area contributed by atoms with Crippen LogP contribution in [0.5, 0.6) is 0 Å². The van der Waals surface area contributed by atoms with E-state index < -0.39 is 0 Å². The molecule has 0 radical (unpaired) electrons. The van der Waals surface area contributed by atoms with Gasteiger partial charge in [-0.2, -0.15) is 0 Å². The quantitative estimate of drug-likeness (QED) is 0.829. The standard InChI is InChI=1S/C15H19ClN2O/c16-13-8-12(17)3-4-14(13)18-15(19)7-11-6-9-1-2-10(11)5-9/h3-4,8-11H,1-2,5-7,17H2,(H,18,19). The molecule has 3 nitrogen and oxygen atoms in total. The van der Waals surface area contributed by atoms with Crippen LogP contribution in [0.2, 0.25) is 5.02 Å². The molecule has 2 fully saturated rings. The maximum atomic E-state index is 12.1. The van der Waals surface area contributed by atoms with E-state index in [1.165, 1.54) is 25.7 Å². The predicted molar refractivity (Wildman–Crippen MR) is 78.0 cm³/mol. The number of hydrogen-bond acceptors (Lipinski definition) is 2. The molecule has 102 valence electrons.